The summed E-state index contributed by atoms with van der Waals surface area (Å²) < 4.78 is 36.7. The minimum Gasteiger partial charge on any atom is -0.461 e. The number of amides is 2. The summed E-state index contributed by atoms with van der Waals surface area (Å²) in [4.78, 5) is 42.0. The van der Waals surface area contributed by atoms with Crippen LogP contribution < -0.4 is 10.6 Å². The number of rotatable bonds is 8. The Morgan fingerprint density at radius 3 is 2.73 bits per heavy atom. The van der Waals surface area contributed by atoms with E-state index in [4.69, 9.17) is 9.47 Å². The first-order chi connectivity index (χ1) is 15.7. The summed E-state index contributed by atoms with van der Waals surface area (Å²) >= 11 is 0. The fourth-order valence-corrected chi connectivity index (χ4v) is 4.93. The highest BCUT2D eigenvalue weighted by Crippen LogP contribution is 2.18. The molecule has 0 spiro atoms. The van der Waals surface area contributed by atoms with Crippen molar-refractivity contribution in [2.45, 2.75) is 50.2 Å². The Morgan fingerprint density at radius 2 is 2.09 bits per heavy atom. The van der Waals surface area contributed by atoms with E-state index in [9.17, 15) is 22.8 Å². The molecule has 33 heavy (non-hydrogen) atoms. The molecule has 2 aliphatic heterocycles. The molecule has 0 aromatic carbocycles. The number of sulfonamides is 1. The first-order valence-corrected chi connectivity index (χ1v) is 12.1. The smallest absolute Gasteiger partial charge is 0.290 e. The van der Waals surface area contributed by atoms with Gasteiger partial charge in [0.15, 0.2) is 10.8 Å². The van der Waals surface area contributed by atoms with E-state index in [0.29, 0.717) is 12.8 Å². The number of hydrogen-bond donors (Lipinski definition) is 2. The molecule has 1 fully saturated rings. The van der Waals surface area contributed by atoms with E-state index < -0.39 is 39.7 Å². The van der Waals surface area contributed by atoms with Crippen LogP contribution in [0.4, 0.5) is 0 Å². The third kappa shape index (κ3) is 6.29. The second-order valence-electron chi connectivity index (χ2n) is 8.24. The second kappa shape index (κ2) is 10.8. The van der Waals surface area contributed by atoms with Crippen LogP contribution in [0.5, 0.6) is 0 Å². The van der Waals surface area contributed by atoms with Crippen molar-refractivity contribution in [1.82, 2.24) is 19.9 Å². The number of carbonyl (C=O) groups excluding carboxylic acids is 3. The number of aromatic nitrogens is 1. The number of pyridine rings is 1. The minimum atomic E-state index is -3.93. The largest absolute Gasteiger partial charge is 0.461 e. The van der Waals surface area contributed by atoms with E-state index >= 15 is 0 Å². The quantitative estimate of drug-likeness (QED) is 0.541. The second-order valence-corrected chi connectivity index (χ2v) is 10.1. The molecule has 2 N–H and O–H groups in total. The molecule has 0 aliphatic carbocycles. The van der Waals surface area contributed by atoms with Crippen LogP contribution in [0.25, 0.3) is 0 Å². The highest BCUT2D eigenvalue weighted by molar-refractivity contribution is 7.89. The maximum atomic E-state index is 12.9. The molecule has 0 radical (unpaired) electrons. The molecule has 12 heteroatoms. The third-order valence-electron chi connectivity index (χ3n) is 5.21. The van der Waals surface area contributed by atoms with Crippen molar-refractivity contribution < 1.29 is 32.3 Å². The predicted octanol–water partition coefficient (Wildman–Crippen LogP) is 0.297. The highest BCUT2D eigenvalue weighted by Gasteiger charge is 2.35. The summed E-state index contributed by atoms with van der Waals surface area (Å²) in [6.07, 6.45) is 3.54. The molecule has 1 aromatic rings. The maximum Gasteiger partial charge on any atom is 0.290 e. The van der Waals surface area contributed by atoms with Crippen molar-refractivity contribution in [1.29, 1.82) is 0 Å². The van der Waals surface area contributed by atoms with Gasteiger partial charge in [0.1, 0.15) is 12.3 Å². The molecular weight excluding hydrogens is 452 g/mol. The first-order valence-electron chi connectivity index (χ1n) is 10.7. The number of nitrogens with zero attached hydrogens (tertiary/aromatic N) is 2. The van der Waals surface area contributed by atoms with E-state index in [1.165, 1.54) is 18.5 Å². The number of nitrogens with one attached hydrogen (secondary N) is 2. The number of Topliss-reactive ketones (excluding diaryl/α,β-unsaturated/α-hetero) is 1. The molecule has 11 nitrogen and oxygen atoms in total. The fraction of sp³-hybridized carbons (Fsp3) is 0.524. The zero-order valence-corrected chi connectivity index (χ0v) is 19.3. The van der Waals surface area contributed by atoms with Gasteiger partial charge in [0.25, 0.3) is 15.9 Å². The number of carbonyl (C=O) groups is 3. The van der Waals surface area contributed by atoms with Crippen LogP contribution in [0.3, 0.4) is 0 Å². The Bertz CT molecular complexity index is 1010. The Labute approximate surface area is 192 Å². The number of hydrogen-bond acceptors (Lipinski definition) is 8. The number of ether oxygens (including phenoxy) is 2. The molecule has 0 saturated carbocycles. The van der Waals surface area contributed by atoms with Crippen molar-refractivity contribution in [3.63, 3.8) is 0 Å². The van der Waals surface area contributed by atoms with Crippen LogP contribution >= 0.6 is 0 Å². The van der Waals surface area contributed by atoms with Gasteiger partial charge in [0.05, 0.1) is 12.6 Å². The van der Waals surface area contributed by atoms with Crippen molar-refractivity contribution in [2.24, 2.45) is 5.92 Å². The molecule has 1 aromatic heterocycles. The normalized spacial score (nSPS) is 20.3. The van der Waals surface area contributed by atoms with Gasteiger partial charge in [-0.25, -0.2) is 13.4 Å². The minimum absolute atomic E-state index is 0.0301. The molecule has 1 saturated heterocycles. The van der Waals surface area contributed by atoms with E-state index in [0.717, 1.165) is 4.31 Å². The lowest BCUT2D eigenvalue weighted by Gasteiger charge is -2.23. The monoisotopic (exact) mass is 480 g/mol. The van der Waals surface area contributed by atoms with E-state index in [1.54, 1.807) is 12.1 Å². The standard InChI is InChI=1S/C21H28N4O7S/c1-14(2)10-16(24-21(28)18-12-31-13-32-18)20(27)23-15-6-5-9-25(11-17(15)26)33(29,30)19-7-3-4-8-22-19/h3-4,7-8,12,14-16H,5-6,9-11,13H2,1-2H3,(H,23,27)(H,24,28)/t15-,16?/m0/s1. The van der Waals surface area contributed by atoms with Gasteiger partial charge in [-0.15, -0.1) is 0 Å². The Balaban J connectivity index is 1.66. The van der Waals surface area contributed by atoms with Crippen LogP contribution in [0.2, 0.25) is 0 Å². The Hall–Kier alpha value is -2.99. The van der Waals surface area contributed by atoms with Crippen molar-refractivity contribution >= 4 is 27.6 Å². The van der Waals surface area contributed by atoms with Gasteiger partial charge in [-0.2, -0.15) is 4.31 Å². The summed E-state index contributed by atoms with van der Waals surface area (Å²) in [6.45, 7) is 3.49. The predicted molar refractivity (Wildman–Crippen MR) is 116 cm³/mol. The van der Waals surface area contributed by atoms with Crippen molar-refractivity contribution in [2.75, 3.05) is 19.9 Å². The van der Waals surface area contributed by atoms with Gasteiger partial charge in [0, 0.05) is 12.7 Å². The van der Waals surface area contributed by atoms with Gasteiger partial charge in [-0.3, -0.25) is 14.4 Å². The first kappa shape index (κ1) is 24.6. The van der Waals surface area contributed by atoms with E-state index in [2.05, 4.69) is 15.6 Å². The summed E-state index contributed by atoms with van der Waals surface area (Å²) in [5.41, 5.74) is 0. The van der Waals surface area contributed by atoms with Crippen LogP contribution in [0.15, 0.2) is 41.4 Å². The van der Waals surface area contributed by atoms with Gasteiger partial charge in [-0.05, 0) is 37.3 Å². The fourth-order valence-electron chi connectivity index (χ4n) is 3.55. The molecule has 1 unspecified atom stereocenters. The molecule has 180 valence electrons. The maximum absolute atomic E-state index is 12.9. The van der Waals surface area contributed by atoms with Gasteiger partial charge >= 0.3 is 0 Å². The number of ketones is 1. The van der Waals surface area contributed by atoms with Gasteiger partial charge < -0.3 is 20.1 Å². The summed E-state index contributed by atoms with van der Waals surface area (Å²) in [5.74, 6) is -1.48. The van der Waals surface area contributed by atoms with E-state index in [-0.39, 0.29) is 43.0 Å². The Kier molecular flexibility index (Phi) is 8.03. The molecule has 2 aliphatic rings. The molecule has 3 rings (SSSR count). The lowest BCUT2D eigenvalue weighted by atomic mass is 10.0. The lowest BCUT2D eigenvalue weighted by molar-refractivity contribution is -0.131. The molecule has 2 amide bonds. The van der Waals surface area contributed by atoms with E-state index in [1.807, 2.05) is 13.8 Å². The topological polar surface area (TPSA) is 144 Å². The molecule has 0 bridgehead atoms. The molecule has 2 atom stereocenters. The van der Waals surface area contributed by atoms with Crippen molar-refractivity contribution in [3.05, 3.63) is 36.4 Å². The lowest BCUT2D eigenvalue weighted by Crippen LogP contribution is -2.53. The van der Waals surface area contributed by atoms with Crippen LogP contribution in [0.1, 0.15) is 33.1 Å². The highest BCUT2D eigenvalue weighted by atomic mass is 32.2. The summed E-state index contributed by atoms with van der Waals surface area (Å²) in [5, 5.41) is 5.17. The average molecular weight is 481 g/mol. The molecule has 3 heterocycles. The molecular formula is C21H28N4O7S. The summed E-state index contributed by atoms with van der Waals surface area (Å²) in [7, 11) is -3.93. The van der Waals surface area contributed by atoms with Crippen molar-refractivity contribution in [3.8, 4) is 0 Å². The van der Waals surface area contributed by atoms with Crippen LogP contribution in [0, 0.1) is 5.92 Å². The van der Waals surface area contributed by atoms with Crippen LogP contribution in [-0.2, 0) is 33.9 Å². The zero-order chi connectivity index (χ0) is 24.0. The zero-order valence-electron chi connectivity index (χ0n) is 18.5. The summed E-state index contributed by atoms with van der Waals surface area (Å²) in [6, 6.07) is 2.78. The van der Waals surface area contributed by atoms with Gasteiger partial charge in [0.2, 0.25) is 18.5 Å². The SMILES string of the molecule is CC(C)CC(NC(=O)C1=COCO1)C(=O)N[C@H]1CCCN(S(=O)(=O)c2ccccn2)CC1=O. The van der Waals surface area contributed by atoms with Crippen LogP contribution in [-0.4, -0.2) is 67.3 Å². The van der Waals surface area contributed by atoms with Gasteiger partial charge in [-0.1, -0.05) is 19.9 Å². The average Bonchev–Trinajstić information content (AvgIpc) is 3.26. The third-order valence-corrected chi connectivity index (χ3v) is 6.97. The Morgan fingerprint density at radius 1 is 1.30 bits per heavy atom.